The topological polar surface area (TPSA) is 63.8 Å². The van der Waals surface area contributed by atoms with Crippen LogP contribution in [0.15, 0.2) is 0 Å². The molecule has 0 fully saturated rings. The van der Waals surface area contributed by atoms with E-state index in [1.165, 1.54) is 0 Å². The summed E-state index contributed by atoms with van der Waals surface area (Å²) < 4.78 is 18.1. The van der Waals surface area contributed by atoms with Crippen LogP contribution in [-0.4, -0.2) is 56.8 Å². The fourth-order valence-corrected chi connectivity index (χ4v) is 11.0. The minimum atomic E-state index is -2.00. The van der Waals surface area contributed by atoms with E-state index in [4.69, 9.17) is 12.3 Å². The van der Waals surface area contributed by atoms with Gasteiger partial charge in [0.15, 0.2) is 0 Å². The van der Waals surface area contributed by atoms with Crippen molar-refractivity contribution >= 4 is 37.1 Å². The Morgan fingerprint density at radius 2 is 0.895 bits per heavy atom. The number of hydrogen-bond donors (Lipinski definition) is 3. The Morgan fingerprint density at radius 3 is 1.11 bits per heavy atom. The van der Waals surface area contributed by atoms with E-state index in [1.54, 1.807) is 0 Å². The van der Waals surface area contributed by atoms with Crippen LogP contribution in [0, 0.1) is 0 Å². The van der Waals surface area contributed by atoms with Gasteiger partial charge in [-0.25, -0.2) is 0 Å². The average Bonchev–Trinajstić information content (AvgIpc) is 2.29. The van der Waals surface area contributed by atoms with Crippen LogP contribution in [0.25, 0.3) is 0 Å². The normalized spacial score (nSPS) is 18.0. The summed E-state index contributed by atoms with van der Waals surface area (Å²) in [4.78, 5) is 10.1. The first-order valence-corrected chi connectivity index (χ1v) is 15.2. The van der Waals surface area contributed by atoms with Gasteiger partial charge in [-0.1, -0.05) is 20.8 Å². The summed E-state index contributed by atoms with van der Waals surface area (Å²) in [5, 5.41) is 0. The van der Waals surface area contributed by atoms with Gasteiger partial charge in [-0.05, 0) is 39.3 Å². The molecule has 3 atom stereocenters. The van der Waals surface area contributed by atoms with E-state index in [-0.39, 0.29) is 0 Å². The molecule has 0 spiro atoms. The molecule has 0 saturated carbocycles. The van der Waals surface area contributed by atoms with Gasteiger partial charge in [-0.15, -0.1) is 0 Å². The van der Waals surface area contributed by atoms with Crippen LogP contribution in [0.3, 0.4) is 0 Å². The van der Waals surface area contributed by atoms with Crippen LogP contribution in [0.1, 0.15) is 20.8 Å². The second-order valence-corrected chi connectivity index (χ2v) is 13.2. The molecule has 0 aromatic heterocycles. The van der Waals surface area contributed by atoms with Gasteiger partial charge < -0.3 is 27.3 Å². The van der Waals surface area contributed by atoms with E-state index >= 15 is 0 Å². The minimum absolute atomic E-state index is 0.939. The predicted octanol–water partition coefficient (Wildman–Crippen LogP) is -0.867. The molecule has 3 N–H and O–H groups in total. The van der Waals surface area contributed by atoms with Gasteiger partial charge in [-0.3, -0.25) is 0 Å². The SMILES string of the molecule is CCN[SiH](C)O[SiH](O[SiH](C)NCC)O[SiH](C)NCC. The smallest absolute Gasteiger partial charge is 0.408 e. The molecule has 19 heavy (non-hydrogen) atoms. The molecular weight excluding hydrogens is 310 g/mol. The van der Waals surface area contributed by atoms with E-state index in [0.29, 0.717) is 0 Å². The molecule has 0 aromatic carbocycles. The number of nitrogens with one attached hydrogen (secondary N) is 3. The van der Waals surface area contributed by atoms with E-state index in [9.17, 15) is 0 Å². The van der Waals surface area contributed by atoms with Crippen LogP contribution in [0.2, 0.25) is 19.6 Å². The Morgan fingerprint density at radius 1 is 0.632 bits per heavy atom. The van der Waals surface area contributed by atoms with E-state index < -0.39 is 37.1 Å². The summed E-state index contributed by atoms with van der Waals surface area (Å²) in [7, 11) is -6.11. The van der Waals surface area contributed by atoms with Crippen LogP contribution >= 0.6 is 0 Å². The third-order valence-electron chi connectivity index (χ3n) is 2.42. The largest absolute Gasteiger partial charge is 0.454 e. The van der Waals surface area contributed by atoms with Crippen LogP contribution in [0.5, 0.6) is 0 Å². The molecule has 0 heterocycles. The summed E-state index contributed by atoms with van der Waals surface area (Å²) in [5.74, 6) is 0. The average molecular weight is 342 g/mol. The Bertz CT molecular complexity index is 186. The predicted molar refractivity (Wildman–Crippen MR) is 90.5 cm³/mol. The van der Waals surface area contributed by atoms with Gasteiger partial charge in [0.25, 0.3) is 0 Å². The van der Waals surface area contributed by atoms with Crippen LogP contribution < -0.4 is 14.9 Å². The molecule has 0 aromatic rings. The molecule has 0 rings (SSSR count). The lowest BCUT2D eigenvalue weighted by atomic mass is 10.8. The third-order valence-corrected chi connectivity index (χ3v) is 12.9. The fourth-order valence-electron chi connectivity index (χ4n) is 1.60. The molecule has 0 aliphatic rings. The lowest BCUT2D eigenvalue weighted by Crippen LogP contribution is -2.50. The van der Waals surface area contributed by atoms with Crippen molar-refractivity contribution in [1.82, 2.24) is 14.9 Å². The molecule has 3 unspecified atom stereocenters. The molecule has 0 bridgehead atoms. The highest BCUT2D eigenvalue weighted by molar-refractivity contribution is 6.68. The van der Waals surface area contributed by atoms with Crippen molar-refractivity contribution in [1.29, 1.82) is 0 Å². The highest BCUT2D eigenvalue weighted by atomic mass is 28.5. The zero-order chi connectivity index (χ0) is 14.7. The number of rotatable bonds is 12. The second kappa shape index (κ2) is 12.4. The Balaban J connectivity index is 4.28. The standard InChI is InChI=1S/C9H31N3O3Si4/c1-7-10-16(4)13-19(14-17(5)11-8-2)15-18(6)12-9-3/h10-12,16-19H,7-9H2,1-6H3. The van der Waals surface area contributed by atoms with Gasteiger partial charge in [0.05, 0.1) is 0 Å². The first-order chi connectivity index (χ1) is 9.03. The molecule has 0 radical (unpaired) electrons. The Hall–Kier alpha value is 0.628. The van der Waals surface area contributed by atoms with Crippen molar-refractivity contribution in [2.75, 3.05) is 19.6 Å². The third kappa shape index (κ3) is 11.0. The van der Waals surface area contributed by atoms with Gasteiger partial charge in [-0.2, -0.15) is 0 Å². The van der Waals surface area contributed by atoms with Crippen LogP contribution in [0.4, 0.5) is 0 Å². The maximum atomic E-state index is 6.04. The molecule has 0 amide bonds. The van der Waals surface area contributed by atoms with Crippen molar-refractivity contribution in [3.63, 3.8) is 0 Å². The van der Waals surface area contributed by atoms with E-state index in [0.717, 1.165) is 19.6 Å². The quantitative estimate of drug-likeness (QED) is 0.401. The van der Waals surface area contributed by atoms with E-state index in [1.807, 2.05) is 0 Å². The van der Waals surface area contributed by atoms with Crippen molar-refractivity contribution in [3.05, 3.63) is 0 Å². The fraction of sp³-hybridized carbons (Fsp3) is 1.00. The Labute approximate surface area is 125 Å². The highest BCUT2D eigenvalue weighted by Crippen LogP contribution is 1.98. The molecule has 0 aliphatic heterocycles. The Kier molecular flexibility index (Phi) is 12.8. The summed E-state index contributed by atoms with van der Waals surface area (Å²) >= 11 is 0. The zero-order valence-electron chi connectivity index (χ0n) is 13.2. The lowest BCUT2D eigenvalue weighted by molar-refractivity contribution is 0.304. The van der Waals surface area contributed by atoms with Crippen molar-refractivity contribution in [2.45, 2.75) is 40.4 Å². The van der Waals surface area contributed by atoms with Crippen molar-refractivity contribution in [2.24, 2.45) is 0 Å². The first-order valence-electron chi connectivity index (χ1n) is 7.19. The lowest BCUT2D eigenvalue weighted by Gasteiger charge is -2.26. The molecule has 0 aliphatic carbocycles. The molecule has 10 heteroatoms. The second-order valence-electron chi connectivity index (χ2n) is 4.30. The van der Waals surface area contributed by atoms with Gasteiger partial charge in [0.2, 0.25) is 27.6 Å². The summed E-state index contributed by atoms with van der Waals surface area (Å²) in [6.07, 6.45) is 0. The van der Waals surface area contributed by atoms with Gasteiger partial charge in [0.1, 0.15) is 0 Å². The maximum absolute atomic E-state index is 6.04. The van der Waals surface area contributed by atoms with Crippen molar-refractivity contribution < 1.29 is 12.3 Å². The van der Waals surface area contributed by atoms with Crippen LogP contribution in [-0.2, 0) is 12.3 Å². The molecule has 116 valence electrons. The summed E-state index contributed by atoms with van der Waals surface area (Å²) in [6.45, 7) is 15.5. The van der Waals surface area contributed by atoms with E-state index in [2.05, 4.69) is 55.4 Å². The van der Waals surface area contributed by atoms with Gasteiger partial charge >= 0.3 is 9.53 Å². The summed E-state index contributed by atoms with van der Waals surface area (Å²) in [5.41, 5.74) is 0. The molecule has 6 nitrogen and oxygen atoms in total. The molecule has 0 saturated heterocycles. The highest BCUT2D eigenvalue weighted by Gasteiger charge is 2.24. The van der Waals surface area contributed by atoms with Crippen molar-refractivity contribution in [3.8, 4) is 0 Å². The molecular formula is C9H31N3O3Si4. The summed E-state index contributed by atoms with van der Waals surface area (Å²) in [6, 6.07) is 0. The minimum Gasteiger partial charge on any atom is -0.408 e. The monoisotopic (exact) mass is 341 g/mol. The maximum Gasteiger partial charge on any atom is 0.454 e. The first kappa shape index (κ1) is 19.6. The van der Waals surface area contributed by atoms with Gasteiger partial charge in [0, 0.05) is 0 Å². The zero-order valence-corrected chi connectivity index (χ0v) is 17.8. The number of hydrogen-bond acceptors (Lipinski definition) is 6.